The molecule has 20 rings (SSSR count). The lowest BCUT2D eigenvalue weighted by molar-refractivity contribution is 0.0301. The summed E-state index contributed by atoms with van der Waals surface area (Å²) in [5.74, 6) is 1.50. The fraction of sp³-hybridized carbons (Fsp3) is 0.382. The van der Waals surface area contributed by atoms with Crippen LogP contribution in [-0.2, 0) is 74.5 Å². The highest BCUT2D eigenvalue weighted by molar-refractivity contribution is 6.40. The van der Waals surface area contributed by atoms with Crippen LogP contribution < -0.4 is 41.9 Å². The minimum absolute atomic E-state index is 0.0156. The third-order valence-corrected chi connectivity index (χ3v) is 31.2. The van der Waals surface area contributed by atoms with Gasteiger partial charge >= 0.3 is 0 Å². The molecule has 29 nitrogen and oxygen atoms in total. The van der Waals surface area contributed by atoms with Crippen molar-refractivity contribution < 1.29 is 47.6 Å². The summed E-state index contributed by atoms with van der Waals surface area (Å²) in [6.45, 7) is 25.5. The van der Waals surface area contributed by atoms with Gasteiger partial charge in [0.05, 0.1) is 111 Å². The molecule has 8 N–H and O–H groups in total. The van der Waals surface area contributed by atoms with Crippen molar-refractivity contribution in [2.45, 2.75) is 151 Å². The number of anilines is 4. The maximum absolute atomic E-state index is 13.1. The fourth-order valence-corrected chi connectivity index (χ4v) is 22.4. The van der Waals surface area contributed by atoms with E-state index in [4.69, 9.17) is 154 Å². The van der Waals surface area contributed by atoms with Gasteiger partial charge in [-0.3, -0.25) is 19.2 Å². The van der Waals surface area contributed by atoms with E-state index in [0.29, 0.717) is 157 Å². The molecular formula is C110H119Cl8N19O10. The van der Waals surface area contributed by atoms with Gasteiger partial charge in [-0.1, -0.05) is 92.8 Å². The summed E-state index contributed by atoms with van der Waals surface area (Å²) in [7, 11) is 8.51. The van der Waals surface area contributed by atoms with Gasteiger partial charge in [0.2, 0.25) is 0 Å². The van der Waals surface area contributed by atoms with E-state index >= 15 is 0 Å². The predicted molar refractivity (Wildman–Crippen MR) is 579 cm³/mol. The molecule has 11 heterocycles. The quantitative estimate of drug-likeness (QED) is 0.0458. The van der Waals surface area contributed by atoms with Crippen LogP contribution in [0.15, 0.2) is 122 Å². The number of ketones is 1. The van der Waals surface area contributed by atoms with Crippen molar-refractivity contribution in [2.24, 2.45) is 5.92 Å². The van der Waals surface area contributed by atoms with Gasteiger partial charge in [-0.2, -0.15) is 0 Å². The van der Waals surface area contributed by atoms with E-state index < -0.39 is 12.2 Å². The minimum atomic E-state index is -0.641. The summed E-state index contributed by atoms with van der Waals surface area (Å²) >= 11 is 52.6. The molecule has 3 saturated heterocycles. The SMILES string of the molecule is Cc1cc(-c2cnc(N)c(OC(C)c3c(Cl)ccc(C(=O)N4CCCC4)c3Cl)n2)cc2c1CCN(C)C2.Cc1cc(-c2cnc(N)c(OC(C)c3c(Cl)ccc(C(=O)N4CCOCC4)c3Cl)n2)cc2c1CCN(C)C2.Cc1cc(-c2cnc(N)c(OCc3c(Cl)ccc(C(=O)CC4CC4)c3Cl)n2)cc2c1CCN(C)C2.Cc1cc(-c2cnc(N)c(OCc3c(Cl)ccc(C(=O)N4CCOCC4)c3Cl)n2)cc2c1CCN(C)C2. The molecule has 4 aromatic heterocycles. The Morgan fingerprint density at radius 3 is 0.986 bits per heavy atom. The van der Waals surface area contributed by atoms with Gasteiger partial charge in [0.15, 0.2) is 29.1 Å². The third-order valence-electron chi connectivity index (χ3n) is 28.1. The number of aryl methyl sites for hydroxylation is 4. The van der Waals surface area contributed by atoms with Crippen LogP contribution in [0.4, 0.5) is 23.3 Å². The van der Waals surface area contributed by atoms with Crippen LogP contribution in [0.3, 0.4) is 0 Å². The Balaban J connectivity index is 0.000000134. The van der Waals surface area contributed by atoms with Gasteiger partial charge in [0.1, 0.15) is 25.4 Å². The van der Waals surface area contributed by atoms with Crippen LogP contribution in [0.25, 0.3) is 45.0 Å². The summed E-state index contributed by atoms with van der Waals surface area (Å²) < 4.78 is 35.0. The summed E-state index contributed by atoms with van der Waals surface area (Å²) in [6.07, 6.45) is 14.2. The number of amides is 3. The lowest BCUT2D eigenvalue weighted by Gasteiger charge is -2.28. The maximum Gasteiger partial charge on any atom is 0.258 e. The highest BCUT2D eigenvalue weighted by Gasteiger charge is 2.34. The second-order valence-electron chi connectivity index (χ2n) is 38.9. The Hall–Kier alpha value is -11.4. The first-order valence-corrected chi connectivity index (χ1v) is 52.4. The Bertz CT molecular complexity index is 7030. The number of morpholine rings is 2. The van der Waals surface area contributed by atoms with Crippen molar-refractivity contribution >= 4 is 140 Å². The Morgan fingerprint density at radius 2 is 0.660 bits per heavy atom. The number of ether oxygens (including phenoxy) is 6. The Kier molecular flexibility index (Phi) is 34.4. The van der Waals surface area contributed by atoms with Gasteiger partial charge in [-0.05, 0) is 291 Å². The van der Waals surface area contributed by atoms with Gasteiger partial charge in [0, 0.05) is 168 Å². The number of carbonyl (C=O) groups is 4. The Morgan fingerprint density at radius 1 is 0.374 bits per heavy atom. The second kappa shape index (κ2) is 47.2. The summed E-state index contributed by atoms with van der Waals surface area (Å²) in [6, 6.07) is 30.5. The molecule has 8 aromatic carbocycles. The zero-order valence-corrected chi connectivity index (χ0v) is 90.0. The van der Waals surface area contributed by atoms with Crippen LogP contribution in [-0.4, -0.2) is 218 Å². The highest BCUT2D eigenvalue weighted by Crippen LogP contribution is 2.45. The number of Topliss-reactive ketones (excluding diaryl/α,β-unsaturated/α-hetero) is 1. The summed E-state index contributed by atoms with van der Waals surface area (Å²) in [4.78, 5) is 102. The van der Waals surface area contributed by atoms with E-state index in [2.05, 4.69) is 154 Å². The number of benzene rings is 8. The normalized spacial score (nSPS) is 16.2. The van der Waals surface area contributed by atoms with Crippen molar-refractivity contribution in [3.8, 4) is 68.5 Å². The molecule has 0 spiro atoms. The number of nitrogens with zero attached hydrogens (tertiary/aromatic N) is 15. The number of nitrogen functional groups attached to an aromatic ring is 4. The van der Waals surface area contributed by atoms with Crippen molar-refractivity contribution in [2.75, 3.05) is 143 Å². The summed E-state index contributed by atoms with van der Waals surface area (Å²) in [5, 5.41) is 2.72. The first-order valence-electron chi connectivity index (χ1n) is 49.4. The van der Waals surface area contributed by atoms with Crippen molar-refractivity contribution in [3.05, 3.63) is 273 Å². The van der Waals surface area contributed by atoms with Crippen LogP contribution in [0.1, 0.15) is 189 Å². The number of hydrogen-bond acceptors (Lipinski definition) is 26. The van der Waals surface area contributed by atoms with Crippen molar-refractivity contribution in [1.82, 2.24) is 74.2 Å². The molecule has 12 aromatic rings. The average Bonchev–Trinajstić information content (AvgIpc) is 1.61. The number of aromatic nitrogens is 8. The van der Waals surface area contributed by atoms with E-state index in [-0.39, 0.29) is 98.6 Å². The molecule has 0 bridgehead atoms. The predicted octanol–water partition coefficient (Wildman–Crippen LogP) is 20.9. The molecule has 770 valence electrons. The molecule has 1 aliphatic carbocycles. The van der Waals surface area contributed by atoms with E-state index in [1.165, 1.54) is 66.8 Å². The van der Waals surface area contributed by atoms with E-state index in [1.54, 1.807) is 90.0 Å². The maximum atomic E-state index is 13.1. The monoisotopic (exact) mass is 2150 g/mol. The van der Waals surface area contributed by atoms with Gasteiger partial charge in [0.25, 0.3) is 41.2 Å². The van der Waals surface area contributed by atoms with E-state index in [9.17, 15) is 19.2 Å². The molecule has 7 aliphatic heterocycles. The molecule has 37 heteroatoms. The molecule has 8 aliphatic rings. The molecule has 2 atom stereocenters. The number of fused-ring (bicyclic) bond motifs is 4. The zero-order valence-electron chi connectivity index (χ0n) is 83.9. The molecule has 2 unspecified atom stereocenters. The number of carbonyl (C=O) groups excluding carboxylic acids is 4. The number of likely N-dealkylation sites (N-methyl/N-ethyl adjacent to an activating group) is 4. The topological polar surface area (TPSA) is 354 Å². The van der Waals surface area contributed by atoms with Gasteiger partial charge in [-0.15, -0.1) is 0 Å². The van der Waals surface area contributed by atoms with Crippen LogP contribution in [0.2, 0.25) is 40.2 Å². The van der Waals surface area contributed by atoms with Gasteiger partial charge < -0.3 is 85.7 Å². The lowest BCUT2D eigenvalue weighted by Crippen LogP contribution is -2.40. The zero-order chi connectivity index (χ0) is 104. The molecule has 0 radical (unpaired) electrons. The number of likely N-dealkylation sites (tertiary alicyclic amines) is 1. The largest absolute Gasteiger partial charge is 0.470 e. The van der Waals surface area contributed by atoms with Crippen molar-refractivity contribution in [1.29, 1.82) is 0 Å². The molecule has 3 amide bonds. The smallest absolute Gasteiger partial charge is 0.258 e. The number of rotatable bonds is 22. The third kappa shape index (κ3) is 24.9. The number of hydrogen-bond donors (Lipinski definition) is 4. The van der Waals surface area contributed by atoms with E-state index in [0.717, 1.165) is 139 Å². The standard InChI is InChI=1S/C28H31Cl2N5O3.C28H31Cl2N5O2.C27H29Cl2N5O3.C27H28Cl2N4O2/c1-16-12-18(13-19-15-34(3)7-6-20(16)19)23-14-32-26(31)27(33-23)38-17(2)24-22(29)5-4-21(25(24)30)28(36)35-8-10-37-11-9-35;1-16-12-18(13-19-15-34(3)11-8-20(16)19)23-14-32-26(31)27(33-23)37-17(2)24-22(29)7-6-21(25(24)30)28(36)35-9-4-5-10-35;1-16-11-17(12-18-14-33(2)6-5-19(16)18)23-13-31-25(30)26(32-23)37-15-21-22(28)4-3-20(24(21)29)27(35)34-7-9-36-10-8-34;1-15-9-17(11-18-13-33(2)8-7-19(15)18)23-12-31-26(30)27(32-23)35-14-21-22(28)6-5-20(25(21)29)24(34)10-16-3-4-16/h4-5,12-14,17H,6-11,15H2,1-3H3,(H2,31,32);6-7,12-14,17H,4-5,8-11,15H2,1-3H3,(H2,31,32);3-4,11-13H,5-10,14-15H2,1-2H3,(H2,30,31);5-6,9,11-12,16H,3-4,7-8,10,13-14H2,1-2H3,(H2,30,31). The van der Waals surface area contributed by atoms with E-state index in [1.807, 2.05) is 11.8 Å². The first-order chi connectivity index (χ1) is 70.6. The average molecular weight is 2150 g/mol. The van der Waals surface area contributed by atoms with Crippen LogP contribution >= 0.6 is 92.8 Å². The molecule has 4 fully saturated rings. The molecule has 147 heavy (non-hydrogen) atoms. The lowest BCUT2D eigenvalue weighted by atomic mass is 9.92. The Labute approximate surface area is 896 Å². The summed E-state index contributed by atoms with van der Waals surface area (Å²) in [5.41, 5.74) is 50.5. The van der Waals surface area contributed by atoms with Gasteiger partial charge in [-0.25, -0.2) is 39.9 Å². The van der Waals surface area contributed by atoms with Crippen molar-refractivity contribution in [3.63, 3.8) is 0 Å². The van der Waals surface area contributed by atoms with Crippen LogP contribution in [0.5, 0.6) is 23.5 Å². The highest BCUT2D eigenvalue weighted by atomic mass is 35.5. The van der Waals surface area contributed by atoms with Crippen LogP contribution in [0, 0.1) is 33.6 Å². The molecule has 1 saturated carbocycles. The fourth-order valence-electron chi connectivity index (χ4n) is 19.8. The number of halogens is 8. The second-order valence-corrected chi connectivity index (χ2v) is 42.0. The minimum Gasteiger partial charge on any atom is -0.470 e. The number of nitrogens with two attached hydrogens (primary N) is 4. The first kappa shape index (κ1) is 107. The molecular weight excluding hydrogens is 2030 g/mol.